The first-order chi connectivity index (χ1) is 16.6. The van der Waals surface area contributed by atoms with E-state index >= 15 is 0 Å². The summed E-state index contributed by atoms with van der Waals surface area (Å²) in [5.74, 6) is 2.49. The van der Waals surface area contributed by atoms with E-state index in [0.717, 1.165) is 22.0 Å². The van der Waals surface area contributed by atoms with Crippen molar-refractivity contribution in [2.45, 2.75) is 26.8 Å². The monoisotopic (exact) mass is 488 g/mol. The molecule has 35 heavy (non-hydrogen) atoms. The Kier molecular flexibility index (Phi) is 5.18. The Morgan fingerprint density at radius 2 is 1.86 bits per heavy atom. The van der Waals surface area contributed by atoms with Gasteiger partial charge in [-0.15, -0.1) is 6.42 Å². The Labute approximate surface area is 201 Å². The minimum absolute atomic E-state index is 0.00247. The Morgan fingerprint density at radius 1 is 1.09 bits per heavy atom. The molecule has 0 aliphatic carbocycles. The molecular weight excluding hydrogens is 467 g/mol. The summed E-state index contributed by atoms with van der Waals surface area (Å²) in [6, 6.07) is 15.4. The summed E-state index contributed by atoms with van der Waals surface area (Å²) in [5.41, 5.74) is 5.00. The van der Waals surface area contributed by atoms with E-state index in [9.17, 15) is 17.1 Å². The molecule has 0 aliphatic rings. The van der Waals surface area contributed by atoms with Crippen molar-refractivity contribution in [2.24, 2.45) is 0 Å². The van der Waals surface area contributed by atoms with Crippen LogP contribution in [0.1, 0.15) is 31.0 Å². The molecule has 0 unspecified atom stereocenters. The third kappa shape index (κ3) is 3.84. The molecule has 0 saturated heterocycles. The van der Waals surface area contributed by atoms with Gasteiger partial charge in [-0.3, -0.25) is 4.79 Å². The fourth-order valence-corrected chi connectivity index (χ4v) is 5.03. The van der Waals surface area contributed by atoms with E-state index in [1.54, 1.807) is 12.1 Å². The van der Waals surface area contributed by atoms with Gasteiger partial charge in [0.1, 0.15) is 11.4 Å². The maximum atomic E-state index is 13.7. The molecule has 1 N–H and O–H groups in total. The Morgan fingerprint density at radius 3 is 2.54 bits per heavy atom. The van der Waals surface area contributed by atoms with Crippen molar-refractivity contribution in [1.82, 2.24) is 9.55 Å². The number of nitrogens with zero attached hydrogens (tertiary/aromatic N) is 1. The van der Waals surface area contributed by atoms with Crippen LogP contribution in [0.15, 0.2) is 59.4 Å². The van der Waals surface area contributed by atoms with Crippen LogP contribution in [0.2, 0.25) is 0 Å². The Hall–Kier alpha value is -4.09. The van der Waals surface area contributed by atoms with Crippen molar-refractivity contribution in [2.75, 3.05) is 0 Å². The van der Waals surface area contributed by atoms with Gasteiger partial charge < -0.3 is 13.7 Å². The van der Waals surface area contributed by atoms with Crippen molar-refractivity contribution >= 4 is 43.3 Å². The van der Waals surface area contributed by atoms with E-state index in [4.69, 9.17) is 6.42 Å². The summed E-state index contributed by atoms with van der Waals surface area (Å²) in [7, 11) is -5.15. The van der Waals surface area contributed by atoms with Crippen LogP contribution in [0.25, 0.3) is 44.0 Å². The number of hydrogen-bond donors (Lipinski definition) is 1. The lowest BCUT2D eigenvalue weighted by atomic mass is 9.97. The number of aryl methyl sites for hydroxylation is 1. The summed E-state index contributed by atoms with van der Waals surface area (Å²) in [6.45, 7) is 5.93. The molecule has 2 heterocycles. The van der Waals surface area contributed by atoms with Gasteiger partial charge in [-0.25, -0.2) is 0 Å². The topological polar surface area (TPSA) is 81.2 Å². The molecule has 5 aromatic rings. The van der Waals surface area contributed by atoms with Crippen LogP contribution in [0.4, 0.5) is 3.89 Å². The summed E-state index contributed by atoms with van der Waals surface area (Å²) in [4.78, 5) is 17.1. The van der Waals surface area contributed by atoms with Crippen molar-refractivity contribution < 1.29 is 16.5 Å². The van der Waals surface area contributed by atoms with Gasteiger partial charge in [0.15, 0.2) is 5.43 Å². The molecule has 0 atom stereocenters. The lowest BCUT2D eigenvalue weighted by Crippen LogP contribution is -2.13. The molecule has 3 aromatic carbocycles. The number of aromatic amines is 1. The fourth-order valence-electron chi connectivity index (χ4n) is 4.69. The highest BCUT2D eigenvalue weighted by Gasteiger charge is 2.20. The number of hydrogen-bond acceptors (Lipinski definition) is 4. The van der Waals surface area contributed by atoms with E-state index in [0.29, 0.717) is 33.1 Å². The molecule has 0 aliphatic heterocycles. The second-order valence-electron chi connectivity index (χ2n) is 8.73. The lowest BCUT2D eigenvalue weighted by Gasteiger charge is -2.19. The summed E-state index contributed by atoms with van der Waals surface area (Å²) >= 11 is 0. The first-order valence-corrected chi connectivity index (χ1v) is 12.2. The molecule has 6 nitrogen and oxygen atoms in total. The molecule has 0 spiro atoms. The number of H-pyrrole nitrogens is 1. The van der Waals surface area contributed by atoms with E-state index in [1.807, 2.05) is 51.1 Å². The molecule has 2 aromatic heterocycles. The SMILES string of the molecule is C#Cc1ccc2c(c1)[nH]c1c2c(=O)c2cc(C)c(-c3cccc(OS(=O)(=O)F)c3)cc2n1C(C)C. The number of pyridine rings is 1. The minimum atomic E-state index is -5.15. The van der Waals surface area contributed by atoms with Gasteiger partial charge in [0.05, 0.1) is 10.9 Å². The molecule has 8 heteroatoms. The second kappa shape index (κ2) is 8.00. The van der Waals surface area contributed by atoms with Gasteiger partial charge in [-0.2, -0.15) is 8.42 Å². The second-order valence-corrected chi connectivity index (χ2v) is 9.69. The summed E-state index contributed by atoms with van der Waals surface area (Å²) < 4.78 is 41.4. The van der Waals surface area contributed by atoms with Crippen LogP contribution in [-0.4, -0.2) is 18.0 Å². The zero-order chi connectivity index (χ0) is 25.1. The average molecular weight is 489 g/mol. The third-order valence-electron chi connectivity index (χ3n) is 6.12. The standard InChI is InChI=1S/C27H21FN2O4S/c1-5-17-9-10-20-23(12-17)29-27-25(20)26(31)22-11-16(4)21(14-24(22)30(27)15(2)3)18-7-6-8-19(13-18)34-35(28,32)33/h1,6-15,29H,2-4H3. The maximum absolute atomic E-state index is 13.7. The number of nitrogens with one attached hydrogen (secondary N) is 1. The van der Waals surface area contributed by atoms with Gasteiger partial charge in [-0.05, 0) is 73.9 Å². The van der Waals surface area contributed by atoms with Crippen LogP contribution in [0, 0.1) is 19.3 Å². The van der Waals surface area contributed by atoms with Crippen molar-refractivity contribution in [3.8, 4) is 29.2 Å². The van der Waals surface area contributed by atoms with Crippen LogP contribution < -0.4 is 9.61 Å². The molecule has 0 amide bonds. The van der Waals surface area contributed by atoms with Crippen LogP contribution >= 0.6 is 0 Å². The van der Waals surface area contributed by atoms with E-state index in [1.165, 1.54) is 12.1 Å². The fraction of sp³-hybridized carbons (Fsp3) is 0.148. The highest BCUT2D eigenvalue weighted by atomic mass is 32.3. The normalized spacial score (nSPS) is 12.0. The number of rotatable bonds is 4. The zero-order valence-corrected chi connectivity index (χ0v) is 20.0. The van der Waals surface area contributed by atoms with E-state index in [2.05, 4.69) is 19.7 Å². The quantitative estimate of drug-likeness (QED) is 0.257. The number of terminal acetylenes is 1. The number of halogens is 1. The molecule has 176 valence electrons. The predicted octanol–water partition coefficient (Wildman–Crippen LogP) is 5.77. The Balaban J connectivity index is 1.85. The van der Waals surface area contributed by atoms with Gasteiger partial charge in [0.2, 0.25) is 0 Å². The van der Waals surface area contributed by atoms with Crippen LogP contribution in [-0.2, 0) is 10.5 Å². The van der Waals surface area contributed by atoms with Gasteiger partial charge in [-0.1, -0.05) is 28.0 Å². The van der Waals surface area contributed by atoms with Crippen molar-refractivity contribution in [3.05, 3.63) is 75.9 Å². The van der Waals surface area contributed by atoms with E-state index in [-0.39, 0.29) is 17.2 Å². The largest absolute Gasteiger partial charge is 0.488 e. The summed E-state index contributed by atoms with van der Waals surface area (Å²) in [6.07, 6.45) is 5.56. The minimum Gasteiger partial charge on any atom is -0.358 e. The van der Waals surface area contributed by atoms with E-state index < -0.39 is 10.5 Å². The molecular formula is C27H21FN2O4S. The van der Waals surface area contributed by atoms with Gasteiger partial charge in [0.25, 0.3) is 0 Å². The molecule has 5 rings (SSSR count). The molecule has 0 radical (unpaired) electrons. The lowest BCUT2D eigenvalue weighted by molar-refractivity contribution is 0.440. The van der Waals surface area contributed by atoms with Gasteiger partial charge in [0, 0.05) is 27.9 Å². The molecule has 0 saturated carbocycles. The molecule has 0 bridgehead atoms. The zero-order valence-electron chi connectivity index (χ0n) is 19.2. The van der Waals surface area contributed by atoms with Crippen LogP contribution in [0.5, 0.6) is 5.75 Å². The average Bonchev–Trinajstić information content (AvgIpc) is 3.16. The summed E-state index contributed by atoms with van der Waals surface area (Å²) in [5, 5.41) is 1.97. The van der Waals surface area contributed by atoms with Crippen molar-refractivity contribution in [3.63, 3.8) is 0 Å². The highest BCUT2D eigenvalue weighted by molar-refractivity contribution is 7.81. The van der Waals surface area contributed by atoms with Crippen LogP contribution in [0.3, 0.4) is 0 Å². The van der Waals surface area contributed by atoms with Gasteiger partial charge >= 0.3 is 10.5 Å². The predicted molar refractivity (Wildman–Crippen MR) is 137 cm³/mol. The first-order valence-electron chi connectivity index (χ1n) is 10.9. The molecule has 0 fully saturated rings. The number of benzene rings is 3. The van der Waals surface area contributed by atoms with Crippen molar-refractivity contribution in [1.29, 1.82) is 0 Å². The number of aromatic nitrogens is 2. The maximum Gasteiger partial charge on any atom is 0.488 e. The smallest absolute Gasteiger partial charge is 0.358 e. The highest BCUT2D eigenvalue weighted by Crippen LogP contribution is 2.34. The number of fused-ring (bicyclic) bond motifs is 4. The first kappa shape index (κ1) is 22.7. The Bertz CT molecular complexity index is 1880. The third-order valence-corrected chi connectivity index (χ3v) is 6.51.